The number of hydrogen-bond donors (Lipinski definition) is 3. The number of benzene rings is 1. The normalized spacial score (nSPS) is 12.5. The molecule has 4 N–H and O–H groups in total. The molecule has 0 radical (unpaired) electrons. The Kier molecular flexibility index (Phi) is 7.41. The van der Waals surface area contributed by atoms with Crippen LogP contribution in [0.25, 0.3) is 5.69 Å². The van der Waals surface area contributed by atoms with Gasteiger partial charge in [-0.15, -0.1) is 0 Å². The minimum atomic E-state index is -5.08. The summed E-state index contributed by atoms with van der Waals surface area (Å²) >= 11 is 5.98. The average Bonchev–Trinajstić information content (AvgIpc) is 3.04. The number of nitrogens with zero attached hydrogens (tertiary/aromatic N) is 3. The van der Waals surface area contributed by atoms with E-state index in [9.17, 15) is 22.0 Å². The Balaban J connectivity index is 0.000000412. The molecular weight excluding hydrogens is 391 g/mol. The smallest absolute Gasteiger partial charge is 0.475 e. The summed E-state index contributed by atoms with van der Waals surface area (Å²) in [7, 11) is 0. The van der Waals surface area contributed by atoms with Gasteiger partial charge in [0.15, 0.2) is 5.82 Å². The van der Waals surface area contributed by atoms with E-state index in [2.05, 4.69) is 10.1 Å². The number of nitrogens with two attached hydrogens (primary N) is 1. The number of carboxylic acids is 1. The summed E-state index contributed by atoms with van der Waals surface area (Å²) in [6.07, 6.45) is -6.83. The van der Waals surface area contributed by atoms with Gasteiger partial charge >= 0.3 is 12.1 Å². The number of alkyl halides is 5. The van der Waals surface area contributed by atoms with E-state index < -0.39 is 30.4 Å². The maximum atomic E-state index is 12.8. The maximum absolute atomic E-state index is 12.8. The lowest BCUT2D eigenvalue weighted by Crippen LogP contribution is -2.21. The lowest BCUT2D eigenvalue weighted by atomic mass is 10.1. The third-order valence-electron chi connectivity index (χ3n) is 2.84. The minimum absolute atomic E-state index is 0.237. The first-order chi connectivity index (χ1) is 12.0. The lowest BCUT2D eigenvalue weighted by Gasteiger charge is -2.13. The van der Waals surface area contributed by atoms with Gasteiger partial charge in [-0.05, 0) is 17.7 Å². The van der Waals surface area contributed by atoms with Crippen LogP contribution in [0.2, 0.25) is 5.02 Å². The van der Waals surface area contributed by atoms with E-state index in [-0.39, 0.29) is 17.3 Å². The second-order valence-corrected chi connectivity index (χ2v) is 5.04. The molecule has 0 aliphatic rings. The number of aliphatic carboxylic acids is 1. The van der Waals surface area contributed by atoms with E-state index >= 15 is 0 Å². The molecule has 0 saturated heterocycles. The topological polar surface area (TPSA) is 114 Å². The number of rotatable bonds is 4. The van der Waals surface area contributed by atoms with Crippen LogP contribution < -0.4 is 5.73 Å². The third kappa shape index (κ3) is 5.61. The largest absolute Gasteiger partial charge is 0.490 e. The molecule has 1 unspecified atom stereocenters. The predicted octanol–water partition coefficient (Wildman–Crippen LogP) is 2.48. The Morgan fingerprint density at radius 2 is 1.92 bits per heavy atom. The van der Waals surface area contributed by atoms with Crippen LogP contribution in [0, 0.1) is 0 Å². The zero-order valence-electron chi connectivity index (χ0n) is 12.7. The quantitative estimate of drug-likeness (QED) is 0.677. The van der Waals surface area contributed by atoms with Gasteiger partial charge in [0, 0.05) is 0 Å². The molecule has 0 spiro atoms. The molecule has 0 aliphatic carbocycles. The molecule has 13 heteroatoms. The van der Waals surface area contributed by atoms with E-state index in [1.54, 1.807) is 6.07 Å². The van der Waals surface area contributed by atoms with Crippen molar-refractivity contribution in [2.24, 2.45) is 5.73 Å². The maximum Gasteiger partial charge on any atom is 0.490 e. The summed E-state index contributed by atoms with van der Waals surface area (Å²) in [4.78, 5) is 12.4. The molecule has 0 bridgehead atoms. The molecule has 2 aromatic rings. The number of aliphatic hydroxyl groups is 1. The van der Waals surface area contributed by atoms with E-state index in [0.717, 1.165) is 11.0 Å². The fourth-order valence-corrected chi connectivity index (χ4v) is 1.81. The third-order valence-corrected chi connectivity index (χ3v) is 3.15. The number of hydrogen-bond acceptors (Lipinski definition) is 5. The number of aliphatic hydroxyl groups excluding tert-OH is 1. The standard InChI is InChI=1S/C11H11ClF2N4O.C2HF3O2/c12-7-2-1-6(8(15)4-19)3-9(7)18-11(10(13)14)16-5-17-18;3-2(4,5)1(6)7/h1-3,5,8,10,19H,4,15H2;(H,6,7). The summed E-state index contributed by atoms with van der Waals surface area (Å²) in [6.45, 7) is -0.264. The molecule has 0 amide bonds. The van der Waals surface area contributed by atoms with E-state index in [4.69, 9.17) is 32.3 Å². The fourth-order valence-electron chi connectivity index (χ4n) is 1.61. The van der Waals surface area contributed by atoms with Gasteiger partial charge in [-0.25, -0.2) is 23.2 Å². The summed E-state index contributed by atoms with van der Waals surface area (Å²) < 4.78 is 58.2. The van der Waals surface area contributed by atoms with E-state index in [0.29, 0.717) is 5.56 Å². The van der Waals surface area contributed by atoms with Gasteiger partial charge in [0.05, 0.1) is 23.4 Å². The predicted molar refractivity (Wildman–Crippen MR) is 79.0 cm³/mol. The van der Waals surface area contributed by atoms with Gasteiger partial charge in [0.2, 0.25) is 0 Å². The van der Waals surface area contributed by atoms with Crippen molar-refractivity contribution >= 4 is 17.6 Å². The van der Waals surface area contributed by atoms with Crippen molar-refractivity contribution < 1.29 is 37.0 Å². The van der Waals surface area contributed by atoms with Crippen LogP contribution >= 0.6 is 11.6 Å². The Morgan fingerprint density at radius 3 is 2.38 bits per heavy atom. The average molecular weight is 403 g/mol. The number of carboxylic acid groups (broad SMARTS) is 1. The van der Waals surface area contributed by atoms with Crippen molar-refractivity contribution in [3.63, 3.8) is 0 Å². The van der Waals surface area contributed by atoms with Gasteiger partial charge in [-0.2, -0.15) is 18.3 Å². The lowest BCUT2D eigenvalue weighted by molar-refractivity contribution is -0.192. The Hall–Kier alpha value is -2.31. The Morgan fingerprint density at radius 1 is 1.35 bits per heavy atom. The summed E-state index contributed by atoms with van der Waals surface area (Å²) in [5, 5.41) is 20.1. The highest BCUT2D eigenvalue weighted by Gasteiger charge is 2.38. The monoisotopic (exact) mass is 402 g/mol. The summed E-state index contributed by atoms with van der Waals surface area (Å²) in [5.41, 5.74) is 6.49. The molecule has 1 heterocycles. The van der Waals surface area contributed by atoms with Gasteiger partial charge in [-0.1, -0.05) is 17.7 Å². The zero-order valence-corrected chi connectivity index (χ0v) is 13.4. The highest BCUT2D eigenvalue weighted by Crippen LogP contribution is 2.27. The molecule has 2 rings (SSSR count). The second kappa shape index (κ2) is 8.87. The zero-order chi connectivity index (χ0) is 20.1. The van der Waals surface area contributed by atoms with Crippen LogP contribution in [0.4, 0.5) is 22.0 Å². The highest BCUT2D eigenvalue weighted by atomic mass is 35.5. The van der Waals surface area contributed by atoms with Crippen LogP contribution in [0.3, 0.4) is 0 Å². The van der Waals surface area contributed by atoms with Crippen LogP contribution in [0.5, 0.6) is 0 Å². The summed E-state index contributed by atoms with van der Waals surface area (Å²) in [6, 6.07) is 4.02. The van der Waals surface area contributed by atoms with Crippen LogP contribution in [0.15, 0.2) is 24.5 Å². The van der Waals surface area contributed by atoms with E-state index in [1.165, 1.54) is 12.1 Å². The molecular formula is C13H12ClF5N4O3. The Labute approximate surface area is 147 Å². The fraction of sp³-hybridized carbons (Fsp3) is 0.308. The molecule has 7 nitrogen and oxygen atoms in total. The van der Waals surface area contributed by atoms with Gasteiger partial charge in [-0.3, -0.25) is 0 Å². The minimum Gasteiger partial charge on any atom is -0.475 e. The molecule has 0 aliphatic heterocycles. The van der Waals surface area contributed by atoms with E-state index in [1.807, 2.05) is 0 Å². The molecule has 1 aromatic heterocycles. The molecule has 26 heavy (non-hydrogen) atoms. The SMILES string of the molecule is NC(CO)c1ccc(Cl)c(-n2ncnc2C(F)F)c1.O=C(O)C(F)(F)F. The Bertz CT molecular complexity index is 754. The highest BCUT2D eigenvalue weighted by molar-refractivity contribution is 6.32. The number of carbonyl (C=O) groups is 1. The molecule has 0 saturated carbocycles. The van der Waals surface area contributed by atoms with Gasteiger partial charge < -0.3 is 15.9 Å². The van der Waals surface area contributed by atoms with Gasteiger partial charge in [0.25, 0.3) is 6.43 Å². The molecule has 1 atom stereocenters. The molecule has 1 aromatic carbocycles. The number of halogens is 6. The van der Waals surface area contributed by atoms with Crippen molar-refractivity contribution in [2.75, 3.05) is 6.61 Å². The summed E-state index contributed by atoms with van der Waals surface area (Å²) in [5.74, 6) is -3.26. The molecule has 0 fully saturated rings. The van der Waals surface area contributed by atoms with Crippen LogP contribution in [-0.4, -0.2) is 43.7 Å². The van der Waals surface area contributed by atoms with Crippen LogP contribution in [-0.2, 0) is 4.79 Å². The van der Waals surface area contributed by atoms with Crippen molar-refractivity contribution in [1.29, 1.82) is 0 Å². The van der Waals surface area contributed by atoms with Crippen molar-refractivity contribution in [1.82, 2.24) is 14.8 Å². The number of aromatic nitrogens is 3. The van der Waals surface area contributed by atoms with Crippen LogP contribution in [0.1, 0.15) is 23.9 Å². The van der Waals surface area contributed by atoms with Gasteiger partial charge in [0.1, 0.15) is 6.33 Å². The van der Waals surface area contributed by atoms with Crippen molar-refractivity contribution in [3.05, 3.63) is 40.9 Å². The first kappa shape index (κ1) is 21.7. The molecule has 144 valence electrons. The first-order valence-corrected chi connectivity index (χ1v) is 7.01. The van der Waals surface area contributed by atoms with Crippen molar-refractivity contribution in [3.8, 4) is 5.69 Å². The first-order valence-electron chi connectivity index (χ1n) is 6.63. The second-order valence-electron chi connectivity index (χ2n) is 4.63. The van der Waals surface area contributed by atoms with Crippen molar-refractivity contribution in [2.45, 2.75) is 18.6 Å².